The molecule has 0 aliphatic carbocycles. The van der Waals surface area contributed by atoms with Crippen LogP contribution in [0.1, 0.15) is 0 Å². The monoisotopic (exact) mass is 448 g/mol. The van der Waals surface area contributed by atoms with E-state index in [1.54, 1.807) is 0 Å². The molecule has 0 rings (SSSR count). The smallest absolute Gasteiger partial charge is 2.00 e. The van der Waals surface area contributed by atoms with Crippen LogP contribution in [0.15, 0.2) is 0 Å². The van der Waals surface area contributed by atoms with E-state index in [4.69, 9.17) is 55.3 Å². The minimum absolute atomic E-state index is 0. The van der Waals surface area contributed by atoms with Crippen molar-refractivity contribution in [3.05, 3.63) is 0 Å². The molecule has 0 unspecified atom stereocenters. The summed E-state index contributed by atoms with van der Waals surface area (Å²) < 4.78 is 68.2. The zero-order valence-corrected chi connectivity index (χ0v) is 14.3. The fourth-order valence-corrected chi connectivity index (χ4v) is 0. The SMILES string of the molecule is O=S(=O)([O-])[O-].O=S(=O)([O-])[O-].[Cl][Co][Cl].[Cu+2].[Zn+2]. The molecule has 0 saturated carbocycles. The van der Waals surface area contributed by atoms with Crippen molar-refractivity contribution in [1.82, 2.24) is 0 Å². The second-order valence-electron chi connectivity index (χ2n) is 0.864. The van der Waals surface area contributed by atoms with Crippen LogP contribution in [-0.4, -0.2) is 35.0 Å². The van der Waals surface area contributed by atoms with Gasteiger partial charge in [0.1, 0.15) is 0 Å². The van der Waals surface area contributed by atoms with Crippen LogP contribution < -0.4 is 0 Å². The predicted octanol–water partition coefficient (Wildman–Crippen LogP) is -1.30. The van der Waals surface area contributed by atoms with Gasteiger partial charge in [-0.3, -0.25) is 16.8 Å². The van der Waals surface area contributed by atoms with Crippen molar-refractivity contribution in [3.63, 3.8) is 0 Å². The molecule has 96 valence electrons. The molecule has 0 aromatic rings. The fourth-order valence-electron chi connectivity index (χ4n) is 0. The van der Waals surface area contributed by atoms with E-state index in [-0.39, 0.29) is 36.5 Å². The molecule has 0 atom stereocenters. The van der Waals surface area contributed by atoms with Crippen molar-refractivity contribution in [3.8, 4) is 0 Å². The average molecular weight is 451 g/mol. The number of hydrogen-bond acceptors (Lipinski definition) is 8. The standard InChI is InChI=1S/2ClH.Co.Cu.2H2O4S.Zn/c;;;;2*1-5(2,3)4;/h2*1H;;;2*(H2,1,2,3,4);/q;;2*+2;;;+2/p-6. The van der Waals surface area contributed by atoms with Gasteiger partial charge >= 0.3 is 69.7 Å². The molecule has 0 aromatic carbocycles. The zero-order chi connectivity index (χ0) is 11.7. The Morgan fingerprint density at radius 3 is 0.800 bits per heavy atom. The molecule has 0 bridgehead atoms. The zero-order valence-electron chi connectivity index (χ0n) is 6.18. The summed E-state index contributed by atoms with van der Waals surface area (Å²) in [4.78, 5) is 0. The van der Waals surface area contributed by atoms with Gasteiger partial charge in [-0.15, -0.1) is 0 Å². The van der Waals surface area contributed by atoms with Gasteiger partial charge in [0.25, 0.3) is 0 Å². The van der Waals surface area contributed by atoms with Crippen molar-refractivity contribution in [2.45, 2.75) is 0 Å². The summed E-state index contributed by atoms with van der Waals surface area (Å²) in [6, 6.07) is 0. The molecular weight excluding hydrogens is 451 g/mol. The van der Waals surface area contributed by atoms with Gasteiger partial charge in [0.05, 0.1) is 0 Å². The van der Waals surface area contributed by atoms with Gasteiger partial charge < -0.3 is 18.2 Å². The van der Waals surface area contributed by atoms with Gasteiger partial charge in [0.15, 0.2) is 0 Å². The summed E-state index contributed by atoms with van der Waals surface area (Å²) in [5, 5.41) is 0. The van der Waals surface area contributed by atoms with E-state index in [1.165, 1.54) is 0 Å². The second-order valence-corrected chi connectivity index (χ2v) is 4.22. The molecule has 0 aromatic heterocycles. The Morgan fingerprint density at radius 1 is 0.800 bits per heavy atom. The van der Waals surface area contributed by atoms with Gasteiger partial charge in [-0.25, -0.2) is 0 Å². The maximum Gasteiger partial charge on any atom is 2.00 e. The van der Waals surface area contributed by atoms with Crippen LogP contribution in [-0.2, 0) is 70.2 Å². The normalized spacial score (nSPS) is 9.20. The Balaban J connectivity index is -0.0000000322. The summed E-state index contributed by atoms with van der Waals surface area (Å²) in [7, 11) is -0.868. The summed E-state index contributed by atoms with van der Waals surface area (Å²) >= 11 is 0.382. The van der Waals surface area contributed by atoms with Crippen molar-refractivity contribution in [2.75, 3.05) is 0 Å². The maximum atomic E-state index is 8.52. The van der Waals surface area contributed by atoms with Gasteiger partial charge in [-0.05, 0) is 0 Å². The third-order valence-electron chi connectivity index (χ3n) is 0. The Labute approximate surface area is 124 Å². The third kappa shape index (κ3) is 804. The van der Waals surface area contributed by atoms with E-state index in [9.17, 15) is 0 Å². The Morgan fingerprint density at radius 2 is 0.800 bits per heavy atom. The topological polar surface area (TPSA) is 161 Å². The maximum absolute atomic E-state index is 8.52. The number of halogens is 2. The molecule has 0 N–H and O–H groups in total. The fraction of sp³-hybridized carbons (Fsp3) is 0. The Hall–Kier alpha value is 1.97. The van der Waals surface area contributed by atoms with Crippen molar-refractivity contribution >= 4 is 41.1 Å². The molecule has 15 heteroatoms. The molecule has 0 amide bonds. The molecule has 8 nitrogen and oxygen atoms in total. The second kappa shape index (κ2) is 16.0. The largest absolute Gasteiger partial charge is 2.00 e. The summed E-state index contributed by atoms with van der Waals surface area (Å²) in [6.45, 7) is 0. The van der Waals surface area contributed by atoms with Crippen molar-refractivity contribution < 1.29 is 84.5 Å². The van der Waals surface area contributed by atoms with Crippen LogP contribution >= 0.6 is 20.3 Å². The van der Waals surface area contributed by atoms with Crippen LogP contribution in [0.25, 0.3) is 0 Å². The number of hydrogen-bond donors (Lipinski definition) is 0. The molecule has 1 radical (unpaired) electrons. The summed E-state index contributed by atoms with van der Waals surface area (Å²) in [5.74, 6) is 0. The van der Waals surface area contributed by atoms with E-state index in [2.05, 4.69) is 0 Å². The van der Waals surface area contributed by atoms with Crippen molar-refractivity contribution in [1.29, 1.82) is 0 Å². The van der Waals surface area contributed by atoms with E-state index < -0.39 is 20.8 Å². The van der Waals surface area contributed by atoms with Crippen LogP contribution in [0, 0.1) is 0 Å². The molecule has 0 aliphatic heterocycles. The predicted molar refractivity (Wildman–Crippen MR) is 32.7 cm³/mol. The first kappa shape index (κ1) is 30.2. The van der Waals surface area contributed by atoms with Crippen LogP contribution in [0.5, 0.6) is 0 Å². The van der Waals surface area contributed by atoms with Gasteiger partial charge in [0.2, 0.25) is 0 Å². The van der Waals surface area contributed by atoms with Gasteiger partial charge in [-0.1, -0.05) is 0 Å². The van der Waals surface area contributed by atoms with Crippen LogP contribution in [0.2, 0.25) is 0 Å². The molecule has 15 heavy (non-hydrogen) atoms. The van der Waals surface area contributed by atoms with E-state index in [1.807, 2.05) is 0 Å². The summed E-state index contributed by atoms with van der Waals surface area (Å²) in [6.07, 6.45) is 0. The number of rotatable bonds is 0. The van der Waals surface area contributed by atoms with E-state index >= 15 is 0 Å². The average Bonchev–Trinajstić information content (AvgIpc) is 1.52. The molecular formula is Cl2CoCuO8S2Zn. The first-order valence-electron chi connectivity index (χ1n) is 1.59. The quantitative estimate of drug-likeness (QED) is 0.250. The van der Waals surface area contributed by atoms with E-state index in [0.717, 1.165) is 0 Å². The minimum atomic E-state index is -5.17. The van der Waals surface area contributed by atoms with Crippen LogP contribution in [0.4, 0.5) is 0 Å². The van der Waals surface area contributed by atoms with E-state index in [0.29, 0.717) is 12.9 Å². The first-order valence-corrected chi connectivity index (χ1v) is 7.12. The minimum Gasteiger partial charge on any atom is 2.00 e. The molecule has 0 spiro atoms. The first-order chi connectivity index (χ1) is 5.41. The van der Waals surface area contributed by atoms with Crippen molar-refractivity contribution in [2.24, 2.45) is 0 Å². The van der Waals surface area contributed by atoms with Gasteiger partial charge in [-0.2, -0.15) is 0 Å². The molecule has 0 heterocycles. The molecule has 0 fully saturated rings. The molecule has 0 saturated heterocycles. The Bertz CT molecular complexity index is 240. The summed E-state index contributed by atoms with van der Waals surface area (Å²) in [5.41, 5.74) is 0. The Kier molecular flexibility index (Phi) is 32.2. The van der Waals surface area contributed by atoms with Gasteiger partial charge in [0, 0.05) is 20.8 Å². The third-order valence-corrected chi connectivity index (χ3v) is 0. The molecule has 0 aliphatic rings. The van der Waals surface area contributed by atoms with Crippen LogP contribution in [0.3, 0.4) is 0 Å².